The number of carbonyl (C=O) groups is 2. The standard InChI is InChI=1S/C24H21N5O5S/c1-16-12-13-18(14-20(16)35(25,32)33)26-21(30)15-34-24(31)22-27-23(17-8-4-2-5-9-17)29(28-22)19-10-6-3-7-11-19/h2-14H,15H2,1H3,(H,26,30)(H2,25,32,33). The van der Waals surface area contributed by atoms with E-state index in [1.54, 1.807) is 6.92 Å². The van der Waals surface area contributed by atoms with Crippen molar-refractivity contribution >= 4 is 27.6 Å². The van der Waals surface area contributed by atoms with Gasteiger partial charge in [-0.2, -0.15) is 0 Å². The molecule has 0 saturated heterocycles. The van der Waals surface area contributed by atoms with Crippen LogP contribution in [0.4, 0.5) is 5.69 Å². The summed E-state index contributed by atoms with van der Waals surface area (Å²) in [6.07, 6.45) is 0. The van der Waals surface area contributed by atoms with Crippen LogP contribution in [0, 0.1) is 6.92 Å². The van der Waals surface area contributed by atoms with Gasteiger partial charge >= 0.3 is 5.97 Å². The predicted molar refractivity (Wildman–Crippen MR) is 128 cm³/mol. The number of benzene rings is 3. The Morgan fingerprint density at radius 3 is 2.31 bits per heavy atom. The maximum Gasteiger partial charge on any atom is 0.378 e. The van der Waals surface area contributed by atoms with E-state index in [0.717, 1.165) is 5.56 Å². The molecule has 0 atom stereocenters. The Kier molecular flexibility index (Phi) is 6.71. The second-order valence-electron chi connectivity index (χ2n) is 7.52. The summed E-state index contributed by atoms with van der Waals surface area (Å²) in [4.78, 5) is 29.1. The first-order valence-electron chi connectivity index (χ1n) is 10.4. The van der Waals surface area contributed by atoms with Gasteiger partial charge in [0.05, 0.1) is 10.6 Å². The number of anilines is 1. The van der Waals surface area contributed by atoms with Gasteiger partial charge < -0.3 is 10.1 Å². The summed E-state index contributed by atoms with van der Waals surface area (Å²) in [7, 11) is -3.96. The highest BCUT2D eigenvalue weighted by Gasteiger charge is 2.21. The molecule has 4 rings (SSSR count). The molecule has 3 N–H and O–H groups in total. The zero-order valence-corrected chi connectivity index (χ0v) is 19.4. The van der Waals surface area contributed by atoms with Crippen LogP contribution in [0.5, 0.6) is 0 Å². The van der Waals surface area contributed by atoms with Crippen molar-refractivity contribution in [1.82, 2.24) is 14.8 Å². The molecule has 4 aromatic rings. The van der Waals surface area contributed by atoms with Crippen LogP contribution in [-0.2, 0) is 19.6 Å². The number of rotatable bonds is 7. The number of amides is 1. The molecule has 1 aromatic heterocycles. The first-order chi connectivity index (χ1) is 16.7. The van der Waals surface area contributed by atoms with Gasteiger partial charge in [0, 0.05) is 11.3 Å². The molecule has 10 nitrogen and oxygen atoms in total. The van der Waals surface area contributed by atoms with Gasteiger partial charge in [-0.1, -0.05) is 54.6 Å². The van der Waals surface area contributed by atoms with E-state index in [2.05, 4.69) is 15.4 Å². The Morgan fingerprint density at radius 2 is 1.66 bits per heavy atom. The van der Waals surface area contributed by atoms with Crippen molar-refractivity contribution in [2.75, 3.05) is 11.9 Å². The minimum Gasteiger partial charge on any atom is -0.450 e. The van der Waals surface area contributed by atoms with Crippen LogP contribution in [-0.4, -0.2) is 41.7 Å². The van der Waals surface area contributed by atoms with Crippen LogP contribution < -0.4 is 10.5 Å². The number of aromatic nitrogens is 3. The normalized spacial score (nSPS) is 11.1. The fourth-order valence-electron chi connectivity index (χ4n) is 3.30. The highest BCUT2D eigenvalue weighted by molar-refractivity contribution is 7.89. The molecule has 0 aliphatic carbocycles. The Labute approximate surface area is 201 Å². The molecule has 0 spiro atoms. The zero-order valence-electron chi connectivity index (χ0n) is 18.6. The summed E-state index contributed by atoms with van der Waals surface area (Å²) in [5, 5.41) is 12.0. The van der Waals surface area contributed by atoms with Crippen molar-refractivity contribution in [3.8, 4) is 17.1 Å². The molecule has 0 saturated carbocycles. The molecule has 1 heterocycles. The maximum atomic E-state index is 12.6. The molecule has 35 heavy (non-hydrogen) atoms. The monoisotopic (exact) mass is 491 g/mol. The largest absolute Gasteiger partial charge is 0.450 e. The number of nitrogens with two attached hydrogens (primary N) is 1. The van der Waals surface area contributed by atoms with Gasteiger partial charge in [0.25, 0.3) is 11.7 Å². The van der Waals surface area contributed by atoms with Crippen LogP contribution in [0.15, 0.2) is 83.8 Å². The van der Waals surface area contributed by atoms with Crippen LogP contribution in [0.2, 0.25) is 0 Å². The van der Waals surface area contributed by atoms with E-state index in [-0.39, 0.29) is 16.4 Å². The number of sulfonamides is 1. The van der Waals surface area contributed by atoms with E-state index >= 15 is 0 Å². The Morgan fingerprint density at radius 1 is 1.00 bits per heavy atom. The number of nitrogens with one attached hydrogen (secondary N) is 1. The van der Waals surface area contributed by atoms with Crippen LogP contribution in [0.1, 0.15) is 16.2 Å². The Hall–Kier alpha value is -4.35. The number of hydrogen-bond donors (Lipinski definition) is 2. The molecule has 1 amide bonds. The average Bonchev–Trinajstić information content (AvgIpc) is 3.30. The highest BCUT2D eigenvalue weighted by atomic mass is 32.2. The van der Waals surface area contributed by atoms with Gasteiger partial charge in [-0.15, -0.1) is 5.10 Å². The van der Waals surface area contributed by atoms with E-state index in [1.165, 1.54) is 22.9 Å². The summed E-state index contributed by atoms with van der Waals surface area (Å²) in [5.41, 5.74) is 2.07. The first-order valence-corrected chi connectivity index (χ1v) is 12.0. The SMILES string of the molecule is Cc1ccc(NC(=O)COC(=O)c2nc(-c3ccccc3)n(-c3ccccc3)n2)cc1S(N)(=O)=O. The molecule has 0 fully saturated rings. The third kappa shape index (κ3) is 5.60. The van der Waals surface area contributed by atoms with Gasteiger partial charge in [0.15, 0.2) is 12.4 Å². The maximum absolute atomic E-state index is 12.6. The van der Waals surface area contributed by atoms with Crippen LogP contribution in [0.25, 0.3) is 17.1 Å². The second kappa shape index (κ2) is 9.87. The molecule has 0 unspecified atom stereocenters. The third-order valence-corrected chi connectivity index (χ3v) is 5.99. The summed E-state index contributed by atoms with van der Waals surface area (Å²) in [5.74, 6) is -1.34. The number of para-hydroxylation sites is 1. The molecule has 3 aromatic carbocycles. The second-order valence-corrected chi connectivity index (χ2v) is 9.05. The van der Waals surface area contributed by atoms with E-state index < -0.39 is 28.5 Å². The van der Waals surface area contributed by atoms with E-state index in [1.807, 2.05) is 60.7 Å². The highest BCUT2D eigenvalue weighted by Crippen LogP contribution is 2.22. The van der Waals surface area contributed by atoms with Gasteiger partial charge in [-0.3, -0.25) is 4.79 Å². The quantitative estimate of drug-likeness (QED) is 0.378. The van der Waals surface area contributed by atoms with Gasteiger partial charge in [-0.05, 0) is 36.8 Å². The first kappa shape index (κ1) is 23.8. The lowest BCUT2D eigenvalue weighted by atomic mass is 10.2. The molecule has 0 bridgehead atoms. The molecular formula is C24H21N5O5S. The fourth-order valence-corrected chi connectivity index (χ4v) is 4.11. The van der Waals surface area contributed by atoms with Crippen molar-refractivity contribution in [2.24, 2.45) is 5.14 Å². The number of nitrogens with zero attached hydrogens (tertiary/aromatic N) is 3. The van der Waals surface area contributed by atoms with Gasteiger partial charge in [0.2, 0.25) is 10.0 Å². The molecule has 0 aliphatic heterocycles. The minimum absolute atomic E-state index is 0.114. The minimum atomic E-state index is -3.96. The van der Waals surface area contributed by atoms with Crippen molar-refractivity contribution in [2.45, 2.75) is 11.8 Å². The number of primary sulfonamides is 1. The lowest BCUT2D eigenvalue weighted by molar-refractivity contribution is -0.119. The number of hydrogen-bond acceptors (Lipinski definition) is 7. The molecule has 11 heteroatoms. The van der Waals surface area contributed by atoms with E-state index in [4.69, 9.17) is 9.88 Å². The summed E-state index contributed by atoms with van der Waals surface area (Å²) < 4.78 is 30.0. The zero-order chi connectivity index (χ0) is 25.0. The van der Waals surface area contributed by atoms with Crippen molar-refractivity contribution in [1.29, 1.82) is 0 Å². The molecule has 0 radical (unpaired) electrons. The summed E-state index contributed by atoms with van der Waals surface area (Å²) in [6.45, 7) is 0.955. The number of esters is 1. The van der Waals surface area contributed by atoms with Crippen LogP contribution >= 0.6 is 0 Å². The van der Waals surface area contributed by atoms with E-state index in [0.29, 0.717) is 17.1 Å². The third-order valence-electron chi connectivity index (χ3n) is 4.94. The van der Waals surface area contributed by atoms with Gasteiger partial charge in [-0.25, -0.2) is 28.0 Å². The predicted octanol–water partition coefficient (Wildman–Crippen LogP) is 2.69. The van der Waals surface area contributed by atoms with Crippen molar-refractivity contribution in [3.05, 3.63) is 90.3 Å². The average molecular weight is 492 g/mol. The van der Waals surface area contributed by atoms with E-state index in [9.17, 15) is 18.0 Å². The topological polar surface area (TPSA) is 146 Å². The molecule has 0 aliphatic rings. The lowest BCUT2D eigenvalue weighted by Gasteiger charge is -2.09. The summed E-state index contributed by atoms with van der Waals surface area (Å²) in [6, 6.07) is 22.6. The Balaban J connectivity index is 1.50. The van der Waals surface area contributed by atoms with Crippen LogP contribution in [0.3, 0.4) is 0 Å². The Bertz CT molecular complexity index is 1430. The summed E-state index contributed by atoms with van der Waals surface area (Å²) >= 11 is 0. The smallest absolute Gasteiger partial charge is 0.378 e. The van der Waals surface area contributed by atoms with Crippen molar-refractivity contribution in [3.63, 3.8) is 0 Å². The number of aryl methyl sites for hydroxylation is 1. The number of carbonyl (C=O) groups excluding carboxylic acids is 2. The molecule has 178 valence electrons. The van der Waals surface area contributed by atoms with Crippen molar-refractivity contribution < 1.29 is 22.7 Å². The fraction of sp³-hybridized carbons (Fsp3) is 0.0833. The number of ether oxygens (including phenoxy) is 1. The molecular weight excluding hydrogens is 470 g/mol. The lowest BCUT2D eigenvalue weighted by Crippen LogP contribution is -2.22. The van der Waals surface area contributed by atoms with Gasteiger partial charge in [0.1, 0.15) is 0 Å².